The topological polar surface area (TPSA) is 78.9 Å². The van der Waals surface area contributed by atoms with Crippen LogP contribution in [0.2, 0.25) is 0 Å². The average molecular weight is 539 g/mol. The number of alkyl halides is 1. The van der Waals surface area contributed by atoms with Crippen LogP contribution in [0, 0.1) is 13.8 Å². The number of benzene rings is 3. The molecule has 3 aromatic carbocycles. The van der Waals surface area contributed by atoms with Crippen molar-refractivity contribution in [2.24, 2.45) is 0 Å². The van der Waals surface area contributed by atoms with E-state index in [0.29, 0.717) is 17.4 Å². The number of hydrogen-bond donors (Lipinski definition) is 0. The highest BCUT2D eigenvalue weighted by Gasteiger charge is 2.34. The Bertz CT molecular complexity index is 1110. The lowest BCUT2D eigenvalue weighted by molar-refractivity contribution is -0.127. The second kappa shape index (κ2) is 13.0. The van der Waals surface area contributed by atoms with E-state index in [9.17, 15) is 14.4 Å². The summed E-state index contributed by atoms with van der Waals surface area (Å²) < 4.78 is 16.9. The maximum absolute atomic E-state index is 12.8. The Hall–Kier alpha value is -3.29. The third-order valence-electron chi connectivity index (χ3n) is 5.29. The molecular formula is C28H27BrO6. The summed E-state index contributed by atoms with van der Waals surface area (Å²) in [5.74, 6) is -1.13. The molecule has 0 bridgehead atoms. The molecular weight excluding hydrogens is 512 g/mol. The molecule has 35 heavy (non-hydrogen) atoms. The SMILES string of the molecule is Cc1ccc(C(=O)OCC(Br)C(OC(=O)c2ccc(C)cc2)C(C=O)OCc2ccccc2)cc1. The van der Waals surface area contributed by atoms with E-state index in [1.54, 1.807) is 36.4 Å². The van der Waals surface area contributed by atoms with Gasteiger partial charge in [0.1, 0.15) is 6.61 Å². The van der Waals surface area contributed by atoms with E-state index in [1.165, 1.54) is 0 Å². The van der Waals surface area contributed by atoms with Gasteiger partial charge in [0.15, 0.2) is 18.5 Å². The normalized spacial score (nSPS) is 13.3. The highest BCUT2D eigenvalue weighted by Crippen LogP contribution is 2.20. The van der Waals surface area contributed by atoms with E-state index in [1.807, 2.05) is 56.3 Å². The Morgan fingerprint density at radius 3 is 1.91 bits per heavy atom. The molecule has 0 heterocycles. The minimum absolute atomic E-state index is 0.141. The number of ether oxygens (including phenoxy) is 3. The molecule has 0 amide bonds. The molecule has 0 saturated heterocycles. The van der Waals surface area contributed by atoms with Gasteiger partial charge in [0.25, 0.3) is 0 Å². The highest BCUT2D eigenvalue weighted by atomic mass is 79.9. The van der Waals surface area contributed by atoms with Crippen LogP contribution in [0.15, 0.2) is 78.9 Å². The fourth-order valence-electron chi connectivity index (χ4n) is 3.23. The number of carbonyl (C=O) groups is 3. The van der Waals surface area contributed by atoms with Gasteiger partial charge in [-0.3, -0.25) is 0 Å². The predicted molar refractivity (Wildman–Crippen MR) is 136 cm³/mol. The zero-order chi connectivity index (χ0) is 25.2. The monoisotopic (exact) mass is 538 g/mol. The summed E-state index contributed by atoms with van der Waals surface area (Å²) in [7, 11) is 0. The van der Waals surface area contributed by atoms with E-state index in [0.717, 1.165) is 16.7 Å². The van der Waals surface area contributed by atoms with E-state index >= 15 is 0 Å². The van der Waals surface area contributed by atoms with Gasteiger partial charge in [-0.1, -0.05) is 81.7 Å². The largest absolute Gasteiger partial charge is 0.461 e. The Balaban J connectivity index is 1.73. The molecule has 7 heteroatoms. The molecule has 0 aliphatic carbocycles. The summed E-state index contributed by atoms with van der Waals surface area (Å²) in [6.45, 7) is 3.84. The first-order valence-electron chi connectivity index (χ1n) is 11.1. The van der Waals surface area contributed by atoms with Gasteiger partial charge in [0.05, 0.1) is 22.6 Å². The first-order valence-corrected chi connectivity index (χ1v) is 12.1. The Morgan fingerprint density at radius 2 is 1.37 bits per heavy atom. The van der Waals surface area contributed by atoms with Crippen molar-refractivity contribution < 1.29 is 28.6 Å². The van der Waals surface area contributed by atoms with Crippen LogP contribution < -0.4 is 0 Å². The van der Waals surface area contributed by atoms with Crippen LogP contribution in [0.3, 0.4) is 0 Å². The van der Waals surface area contributed by atoms with Crippen LogP contribution in [0.4, 0.5) is 0 Å². The van der Waals surface area contributed by atoms with Crippen molar-refractivity contribution in [2.75, 3.05) is 6.61 Å². The van der Waals surface area contributed by atoms with E-state index in [-0.39, 0.29) is 13.2 Å². The van der Waals surface area contributed by atoms with Gasteiger partial charge in [-0.2, -0.15) is 0 Å². The molecule has 0 aliphatic rings. The molecule has 3 atom stereocenters. The van der Waals surface area contributed by atoms with Gasteiger partial charge in [-0.25, -0.2) is 9.59 Å². The van der Waals surface area contributed by atoms with Gasteiger partial charge in [0, 0.05) is 0 Å². The molecule has 3 aromatic rings. The molecule has 0 N–H and O–H groups in total. The van der Waals surface area contributed by atoms with Crippen LogP contribution in [0.25, 0.3) is 0 Å². The van der Waals surface area contributed by atoms with Crippen LogP contribution in [-0.4, -0.2) is 41.9 Å². The number of aryl methyl sites for hydroxylation is 2. The molecule has 0 radical (unpaired) electrons. The Kier molecular flexibility index (Phi) is 9.76. The number of esters is 2. The summed E-state index contributed by atoms with van der Waals surface area (Å²) in [4.78, 5) is 36.6. The third kappa shape index (κ3) is 7.87. The average Bonchev–Trinajstić information content (AvgIpc) is 2.88. The lowest BCUT2D eigenvalue weighted by Crippen LogP contribution is -2.43. The summed E-state index contributed by atoms with van der Waals surface area (Å²) in [6, 6.07) is 23.2. The predicted octanol–water partition coefficient (Wildman–Crippen LogP) is 5.23. The first kappa shape index (κ1) is 26.3. The van der Waals surface area contributed by atoms with Gasteiger partial charge in [-0.05, 0) is 43.7 Å². The third-order valence-corrected chi connectivity index (χ3v) is 6.08. The van der Waals surface area contributed by atoms with Crippen molar-refractivity contribution in [3.05, 3.63) is 107 Å². The maximum Gasteiger partial charge on any atom is 0.338 e. The molecule has 0 saturated carbocycles. The standard InChI is InChI=1S/C28H27BrO6/c1-19-8-12-22(13-9-19)27(31)34-18-24(29)26(35-28(32)23-14-10-20(2)11-15-23)25(16-30)33-17-21-6-4-3-5-7-21/h3-16,24-26H,17-18H2,1-2H3. The minimum Gasteiger partial charge on any atom is -0.461 e. The zero-order valence-electron chi connectivity index (χ0n) is 19.6. The second-order valence-electron chi connectivity index (χ2n) is 8.11. The van der Waals surface area contributed by atoms with Crippen molar-refractivity contribution in [1.82, 2.24) is 0 Å². The van der Waals surface area contributed by atoms with Crippen LogP contribution >= 0.6 is 15.9 Å². The van der Waals surface area contributed by atoms with Crippen LogP contribution in [0.1, 0.15) is 37.4 Å². The lowest BCUT2D eigenvalue weighted by Gasteiger charge is -2.27. The molecule has 0 spiro atoms. The number of carbonyl (C=O) groups excluding carboxylic acids is 3. The summed E-state index contributed by atoms with van der Waals surface area (Å²) in [5, 5.41) is 0. The summed E-state index contributed by atoms with van der Waals surface area (Å²) in [6.07, 6.45) is -1.55. The second-order valence-corrected chi connectivity index (χ2v) is 9.29. The van der Waals surface area contributed by atoms with Crippen molar-refractivity contribution in [3.63, 3.8) is 0 Å². The van der Waals surface area contributed by atoms with Crippen molar-refractivity contribution >= 4 is 34.2 Å². The fourth-order valence-corrected chi connectivity index (χ4v) is 3.77. The van der Waals surface area contributed by atoms with Gasteiger partial charge in [0.2, 0.25) is 0 Å². The molecule has 6 nitrogen and oxygen atoms in total. The Morgan fingerprint density at radius 1 is 0.829 bits per heavy atom. The van der Waals surface area contributed by atoms with Crippen molar-refractivity contribution in [2.45, 2.75) is 37.5 Å². The molecule has 0 aliphatic heterocycles. The summed E-state index contributed by atoms with van der Waals surface area (Å²) in [5.41, 5.74) is 3.61. The Labute approximate surface area is 213 Å². The molecule has 3 rings (SSSR count). The van der Waals surface area contributed by atoms with Gasteiger partial charge < -0.3 is 19.0 Å². The number of rotatable bonds is 11. The quantitative estimate of drug-likeness (QED) is 0.189. The number of halogens is 1. The van der Waals surface area contributed by atoms with E-state index in [2.05, 4.69) is 15.9 Å². The van der Waals surface area contributed by atoms with Gasteiger partial charge in [-0.15, -0.1) is 0 Å². The van der Waals surface area contributed by atoms with E-state index < -0.39 is 29.0 Å². The number of hydrogen-bond acceptors (Lipinski definition) is 6. The summed E-state index contributed by atoms with van der Waals surface area (Å²) >= 11 is 3.44. The fraction of sp³-hybridized carbons (Fsp3) is 0.250. The van der Waals surface area contributed by atoms with Gasteiger partial charge >= 0.3 is 11.9 Å². The molecule has 182 valence electrons. The lowest BCUT2D eigenvalue weighted by atomic mass is 10.1. The smallest absolute Gasteiger partial charge is 0.338 e. The molecule has 0 aromatic heterocycles. The van der Waals surface area contributed by atoms with E-state index in [4.69, 9.17) is 14.2 Å². The zero-order valence-corrected chi connectivity index (χ0v) is 21.1. The number of aldehydes is 1. The molecule has 0 fully saturated rings. The highest BCUT2D eigenvalue weighted by molar-refractivity contribution is 9.09. The maximum atomic E-state index is 12.8. The molecule has 3 unspecified atom stereocenters. The van der Waals surface area contributed by atoms with Crippen molar-refractivity contribution in [3.8, 4) is 0 Å². The van der Waals surface area contributed by atoms with Crippen LogP contribution in [0.5, 0.6) is 0 Å². The first-order chi connectivity index (χ1) is 16.9. The van der Waals surface area contributed by atoms with Crippen LogP contribution in [-0.2, 0) is 25.6 Å². The van der Waals surface area contributed by atoms with Crippen molar-refractivity contribution in [1.29, 1.82) is 0 Å². The minimum atomic E-state index is -1.09.